The molecule has 66 valence electrons. The van der Waals surface area contributed by atoms with Crippen LogP contribution in [0.15, 0.2) is 18.5 Å². The Kier molecular flexibility index (Phi) is 1.68. The molecule has 0 aromatic carbocycles. The lowest BCUT2D eigenvalue weighted by molar-refractivity contribution is 0.0221. The molecule has 0 bridgehead atoms. The van der Waals surface area contributed by atoms with Crippen molar-refractivity contribution in [3.8, 4) is 0 Å². The fourth-order valence-electron chi connectivity index (χ4n) is 2.01. The van der Waals surface area contributed by atoms with Gasteiger partial charge in [0.2, 0.25) is 0 Å². The molecule has 1 saturated carbocycles. The van der Waals surface area contributed by atoms with E-state index < -0.39 is 5.60 Å². The van der Waals surface area contributed by atoms with Crippen molar-refractivity contribution in [1.82, 2.24) is 9.78 Å². The summed E-state index contributed by atoms with van der Waals surface area (Å²) >= 11 is 0. The van der Waals surface area contributed by atoms with Crippen LogP contribution < -0.4 is 0 Å². The molecule has 1 heterocycles. The van der Waals surface area contributed by atoms with Crippen LogP contribution >= 0.6 is 0 Å². The molecule has 1 aromatic heterocycles. The first-order valence-corrected chi connectivity index (χ1v) is 4.42. The summed E-state index contributed by atoms with van der Waals surface area (Å²) in [7, 11) is 0. The Balaban J connectivity index is 2.25. The third kappa shape index (κ3) is 1.14. The van der Waals surface area contributed by atoms with Crippen molar-refractivity contribution in [2.75, 3.05) is 0 Å². The van der Waals surface area contributed by atoms with Gasteiger partial charge in [0.1, 0.15) is 0 Å². The van der Waals surface area contributed by atoms with Gasteiger partial charge in [-0.25, -0.2) is 0 Å². The first-order chi connectivity index (χ1) is 5.70. The molecule has 2 rings (SSSR count). The topological polar surface area (TPSA) is 38.0 Å². The smallest absolute Gasteiger partial charge is 0.0842 e. The number of aliphatic hydroxyl groups is 1. The minimum absolute atomic E-state index is 0.174. The third-order valence-electron chi connectivity index (χ3n) is 2.72. The van der Waals surface area contributed by atoms with Crippen molar-refractivity contribution < 1.29 is 5.11 Å². The van der Waals surface area contributed by atoms with Gasteiger partial charge in [0.05, 0.1) is 11.6 Å². The molecule has 1 fully saturated rings. The largest absolute Gasteiger partial charge is 0.388 e. The van der Waals surface area contributed by atoms with E-state index in [0.717, 1.165) is 19.3 Å². The molecule has 12 heavy (non-hydrogen) atoms. The Morgan fingerprint density at radius 3 is 3.00 bits per heavy atom. The van der Waals surface area contributed by atoms with Crippen LogP contribution in [0.3, 0.4) is 0 Å². The molecular weight excluding hydrogens is 152 g/mol. The van der Waals surface area contributed by atoms with E-state index in [-0.39, 0.29) is 6.04 Å². The molecule has 0 aliphatic heterocycles. The van der Waals surface area contributed by atoms with Gasteiger partial charge in [-0.2, -0.15) is 5.10 Å². The lowest BCUT2D eigenvalue weighted by Crippen LogP contribution is -2.31. The second-order valence-electron chi connectivity index (χ2n) is 3.75. The van der Waals surface area contributed by atoms with Crippen molar-refractivity contribution in [3.63, 3.8) is 0 Å². The third-order valence-corrected chi connectivity index (χ3v) is 2.72. The second-order valence-corrected chi connectivity index (χ2v) is 3.75. The van der Waals surface area contributed by atoms with Crippen LogP contribution in [-0.2, 0) is 0 Å². The van der Waals surface area contributed by atoms with Crippen molar-refractivity contribution in [3.05, 3.63) is 18.5 Å². The number of hydrogen-bond acceptors (Lipinski definition) is 2. The van der Waals surface area contributed by atoms with E-state index in [0.29, 0.717) is 0 Å². The molecule has 3 nitrogen and oxygen atoms in total. The highest BCUT2D eigenvalue weighted by Crippen LogP contribution is 2.38. The van der Waals surface area contributed by atoms with Gasteiger partial charge < -0.3 is 5.11 Å². The maximum Gasteiger partial charge on any atom is 0.0842 e. The zero-order valence-corrected chi connectivity index (χ0v) is 7.27. The van der Waals surface area contributed by atoms with Crippen LogP contribution in [0, 0.1) is 0 Å². The van der Waals surface area contributed by atoms with Gasteiger partial charge in [0.25, 0.3) is 0 Å². The summed E-state index contributed by atoms with van der Waals surface area (Å²) in [6.07, 6.45) is 6.70. The summed E-state index contributed by atoms with van der Waals surface area (Å²) in [6.45, 7) is 1.90. The van der Waals surface area contributed by atoms with Crippen molar-refractivity contribution in [2.45, 2.75) is 37.8 Å². The first kappa shape index (κ1) is 7.80. The average Bonchev–Trinajstić information content (AvgIpc) is 2.55. The standard InChI is InChI=1S/C9H14N2O/c1-9(12)5-2-4-8(9)11-7-3-6-10-11/h3,6-8,12H,2,4-5H2,1H3. The van der Waals surface area contributed by atoms with E-state index in [9.17, 15) is 5.11 Å². The highest BCUT2D eigenvalue weighted by Gasteiger charge is 2.38. The highest BCUT2D eigenvalue weighted by atomic mass is 16.3. The molecule has 2 unspecified atom stereocenters. The SMILES string of the molecule is CC1(O)CCCC1n1cccn1. The molecule has 2 atom stereocenters. The lowest BCUT2D eigenvalue weighted by atomic mass is 10.0. The lowest BCUT2D eigenvalue weighted by Gasteiger charge is -2.25. The molecule has 0 amide bonds. The Hall–Kier alpha value is -0.830. The molecule has 1 aromatic rings. The number of rotatable bonds is 1. The fourth-order valence-corrected chi connectivity index (χ4v) is 2.01. The monoisotopic (exact) mass is 166 g/mol. The number of hydrogen-bond donors (Lipinski definition) is 1. The molecule has 0 radical (unpaired) electrons. The van der Waals surface area contributed by atoms with Gasteiger partial charge in [0.15, 0.2) is 0 Å². The maximum atomic E-state index is 9.97. The summed E-state index contributed by atoms with van der Waals surface area (Å²) in [5.74, 6) is 0. The quantitative estimate of drug-likeness (QED) is 0.684. The summed E-state index contributed by atoms with van der Waals surface area (Å²) in [5, 5.41) is 14.1. The van der Waals surface area contributed by atoms with Crippen LogP contribution in [-0.4, -0.2) is 20.5 Å². The van der Waals surface area contributed by atoms with Gasteiger partial charge in [-0.3, -0.25) is 4.68 Å². The van der Waals surface area contributed by atoms with Crippen LogP contribution in [0.5, 0.6) is 0 Å². The van der Waals surface area contributed by atoms with Crippen LogP contribution in [0.2, 0.25) is 0 Å². The number of nitrogens with zero attached hydrogens (tertiary/aromatic N) is 2. The zero-order valence-electron chi connectivity index (χ0n) is 7.27. The van der Waals surface area contributed by atoms with E-state index in [1.165, 1.54) is 0 Å². The molecular formula is C9H14N2O. The van der Waals surface area contributed by atoms with Crippen LogP contribution in [0.1, 0.15) is 32.2 Å². The van der Waals surface area contributed by atoms with Gasteiger partial charge in [0, 0.05) is 12.4 Å². The second kappa shape index (κ2) is 2.59. The van der Waals surface area contributed by atoms with E-state index in [1.54, 1.807) is 6.20 Å². The molecule has 1 aliphatic rings. The Morgan fingerprint density at radius 2 is 2.50 bits per heavy atom. The summed E-state index contributed by atoms with van der Waals surface area (Å²) < 4.78 is 1.87. The van der Waals surface area contributed by atoms with E-state index >= 15 is 0 Å². The summed E-state index contributed by atoms with van der Waals surface area (Å²) in [6, 6.07) is 2.07. The van der Waals surface area contributed by atoms with Crippen molar-refractivity contribution in [1.29, 1.82) is 0 Å². The predicted molar refractivity (Wildman–Crippen MR) is 45.7 cm³/mol. The maximum absolute atomic E-state index is 9.97. The minimum atomic E-state index is -0.563. The van der Waals surface area contributed by atoms with Gasteiger partial charge in [-0.1, -0.05) is 0 Å². The summed E-state index contributed by atoms with van der Waals surface area (Å²) in [4.78, 5) is 0. The highest BCUT2D eigenvalue weighted by molar-refractivity contribution is 4.94. The molecule has 3 heteroatoms. The van der Waals surface area contributed by atoms with Crippen LogP contribution in [0.25, 0.3) is 0 Å². The Labute approximate surface area is 72.0 Å². The predicted octanol–water partition coefficient (Wildman–Crippen LogP) is 1.36. The van der Waals surface area contributed by atoms with Crippen molar-refractivity contribution in [2.24, 2.45) is 0 Å². The van der Waals surface area contributed by atoms with Crippen molar-refractivity contribution >= 4 is 0 Å². The first-order valence-electron chi connectivity index (χ1n) is 4.42. The molecule has 1 aliphatic carbocycles. The normalized spacial score (nSPS) is 35.7. The van der Waals surface area contributed by atoms with Gasteiger partial charge in [-0.15, -0.1) is 0 Å². The van der Waals surface area contributed by atoms with E-state index in [1.807, 2.05) is 23.9 Å². The van der Waals surface area contributed by atoms with E-state index in [4.69, 9.17) is 0 Å². The van der Waals surface area contributed by atoms with Gasteiger partial charge in [-0.05, 0) is 32.3 Å². The molecule has 0 spiro atoms. The average molecular weight is 166 g/mol. The van der Waals surface area contributed by atoms with Gasteiger partial charge >= 0.3 is 0 Å². The Morgan fingerprint density at radius 1 is 1.67 bits per heavy atom. The Bertz CT molecular complexity index is 254. The number of aromatic nitrogens is 2. The minimum Gasteiger partial charge on any atom is -0.388 e. The molecule has 1 N–H and O–H groups in total. The molecule has 0 saturated heterocycles. The fraction of sp³-hybridized carbons (Fsp3) is 0.667. The van der Waals surface area contributed by atoms with Crippen LogP contribution in [0.4, 0.5) is 0 Å². The zero-order chi connectivity index (χ0) is 8.60. The summed E-state index contributed by atoms with van der Waals surface area (Å²) in [5.41, 5.74) is -0.563. The van der Waals surface area contributed by atoms with E-state index in [2.05, 4.69) is 5.10 Å².